The molecule has 6 heteroatoms. The first kappa shape index (κ1) is 19.1. The summed E-state index contributed by atoms with van der Waals surface area (Å²) in [5.41, 5.74) is 3.08. The maximum atomic E-state index is 13.0. The van der Waals surface area contributed by atoms with Gasteiger partial charge in [-0.2, -0.15) is 0 Å². The zero-order valence-corrected chi connectivity index (χ0v) is 16.1. The van der Waals surface area contributed by atoms with Crippen LogP contribution in [0.3, 0.4) is 0 Å². The van der Waals surface area contributed by atoms with E-state index in [2.05, 4.69) is 20.2 Å². The van der Waals surface area contributed by atoms with Crippen LogP contribution in [-0.4, -0.2) is 29.0 Å². The van der Waals surface area contributed by atoms with E-state index >= 15 is 0 Å². The van der Waals surface area contributed by atoms with Gasteiger partial charge < -0.3 is 10.2 Å². The van der Waals surface area contributed by atoms with Crippen molar-refractivity contribution in [2.75, 3.05) is 18.0 Å². The quantitative estimate of drug-likeness (QED) is 0.709. The molecule has 29 heavy (non-hydrogen) atoms. The van der Waals surface area contributed by atoms with Gasteiger partial charge in [-0.3, -0.25) is 4.79 Å². The Morgan fingerprint density at radius 3 is 2.59 bits per heavy atom. The maximum absolute atomic E-state index is 13.0. The van der Waals surface area contributed by atoms with Crippen LogP contribution in [0.5, 0.6) is 0 Å². The number of nitrogens with one attached hydrogen (secondary N) is 1. The van der Waals surface area contributed by atoms with Crippen LogP contribution in [-0.2, 0) is 6.54 Å². The number of carbonyl (C=O) groups excluding carboxylic acids is 1. The van der Waals surface area contributed by atoms with Gasteiger partial charge in [0.2, 0.25) is 0 Å². The summed E-state index contributed by atoms with van der Waals surface area (Å²) in [6.45, 7) is 2.38. The second kappa shape index (κ2) is 8.82. The number of hydrogen-bond acceptors (Lipinski definition) is 4. The molecule has 0 unspecified atom stereocenters. The van der Waals surface area contributed by atoms with Gasteiger partial charge in [0.1, 0.15) is 18.0 Å². The minimum Gasteiger partial charge on any atom is -0.357 e. The fourth-order valence-corrected chi connectivity index (χ4v) is 3.51. The molecule has 2 heterocycles. The van der Waals surface area contributed by atoms with Gasteiger partial charge in [0.05, 0.1) is 5.69 Å². The predicted molar refractivity (Wildman–Crippen MR) is 111 cm³/mol. The highest BCUT2D eigenvalue weighted by atomic mass is 19.1. The third kappa shape index (κ3) is 4.77. The second-order valence-corrected chi connectivity index (χ2v) is 7.20. The number of carbonyl (C=O) groups is 1. The van der Waals surface area contributed by atoms with Crippen molar-refractivity contribution in [1.82, 2.24) is 15.3 Å². The molecule has 1 aliphatic heterocycles. The molecule has 0 atom stereocenters. The summed E-state index contributed by atoms with van der Waals surface area (Å²) in [5, 5.41) is 2.87. The summed E-state index contributed by atoms with van der Waals surface area (Å²) < 4.78 is 13.0. The lowest BCUT2D eigenvalue weighted by molar-refractivity contribution is 0.0951. The Balaban J connectivity index is 1.48. The fourth-order valence-electron chi connectivity index (χ4n) is 3.51. The van der Waals surface area contributed by atoms with Gasteiger partial charge in [-0.1, -0.05) is 24.3 Å². The number of halogens is 1. The van der Waals surface area contributed by atoms with E-state index in [1.54, 1.807) is 24.5 Å². The molecule has 1 aromatic heterocycles. The molecule has 2 aromatic carbocycles. The number of piperidine rings is 1. The van der Waals surface area contributed by atoms with Gasteiger partial charge in [0, 0.05) is 36.8 Å². The molecule has 148 valence electrons. The van der Waals surface area contributed by atoms with Crippen LogP contribution in [0.1, 0.15) is 35.2 Å². The van der Waals surface area contributed by atoms with Crippen LogP contribution in [0.25, 0.3) is 11.3 Å². The normalized spacial score (nSPS) is 13.9. The van der Waals surface area contributed by atoms with Crippen molar-refractivity contribution >= 4 is 11.7 Å². The highest BCUT2D eigenvalue weighted by molar-refractivity contribution is 5.95. The molecule has 0 bridgehead atoms. The molecule has 1 saturated heterocycles. The van der Waals surface area contributed by atoms with E-state index in [1.165, 1.54) is 31.4 Å². The SMILES string of the molecule is O=C(NCc1ccc(F)cc1)c1cccc(-c2cc(N3CCCCC3)ncn2)c1. The first-order valence-corrected chi connectivity index (χ1v) is 9.89. The van der Waals surface area contributed by atoms with Gasteiger partial charge in [-0.25, -0.2) is 14.4 Å². The van der Waals surface area contributed by atoms with Gasteiger partial charge in [0.25, 0.3) is 5.91 Å². The molecule has 0 spiro atoms. The number of hydrogen-bond donors (Lipinski definition) is 1. The Hall–Kier alpha value is -3.28. The average Bonchev–Trinajstić information content (AvgIpc) is 2.79. The van der Waals surface area contributed by atoms with E-state index in [-0.39, 0.29) is 11.7 Å². The lowest BCUT2D eigenvalue weighted by Crippen LogP contribution is -2.30. The lowest BCUT2D eigenvalue weighted by atomic mass is 10.1. The standard InChI is InChI=1S/C23H23FN4O/c24-20-9-7-17(8-10-20)15-25-23(29)19-6-4-5-18(13-19)21-14-22(27-16-26-21)28-11-2-1-3-12-28/h4-10,13-14,16H,1-3,11-12,15H2,(H,25,29). The minimum atomic E-state index is -0.290. The molecular weight excluding hydrogens is 367 g/mol. The number of rotatable bonds is 5. The van der Waals surface area contributed by atoms with Gasteiger partial charge in [0.15, 0.2) is 0 Å². The topological polar surface area (TPSA) is 58.1 Å². The van der Waals surface area contributed by atoms with Crippen LogP contribution in [0.2, 0.25) is 0 Å². The molecule has 0 radical (unpaired) electrons. The smallest absolute Gasteiger partial charge is 0.251 e. The van der Waals surface area contributed by atoms with E-state index in [4.69, 9.17) is 0 Å². The van der Waals surface area contributed by atoms with Crippen LogP contribution in [0, 0.1) is 5.82 Å². The number of anilines is 1. The molecular formula is C23H23FN4O. The lowest BCUT2D eigenvalue weighted by Gasteiger charge is -2.27. The van der Waals surface area contributed by atoms with Crippen LogP contribution >= 0.6 is 0 Å². The summed E-state index contributed by atoms with van der Waals surface area (Å²) in [6.07, 6.45) is 5.22. The molecule has 5 nitrogen and oxygen atoms in total. The first-order chi connectivity index (χ1) is 14.2. The summed E-state index contributed by atoms with van der Waals surface area (Å²) in [4.78, 5) is 23.7. The van der Waals surface area contributed by atoms with Crippen LogP contribution in [0.4, 0.5) is 10.2 Å². The van der Waals surface area contributed by atoms with E-state index in [0.717, 1.165) is 35.7 Å². The summed E-state index contributed by atoms with van der Waals surface area (Å²) in [6, 6.07) is 15.5. The molecule has 3 aromatic rings. The van der Waals surface area contributed by atoms with Crippen molar-refractivity contribution < 1.29 is 9.18 Å². The third-order valence-electron chi connectivity index (χ3n) is 5.12. The number of amides is 1. The molecule has 1 fully saturated rings. The van der Waals surface area contributed by atoms with Gasteiger partial charge in [-0.15, -0.1) is 0 Å². The summed E-state index contributed by atoms with van der Waals surface area (Å²) in [5.74, 6) is 0.462. The van der Waals surface area contributed by atoms with Crippen LogP contribution in [0.15, 0.2) is 60.9 Å². The van der Waals surface area contributed by atoms with E-state index in [0.29, 0.717) is 12.1 Å². The van der Waals surface area contributed by atoms with E-state index < -0.39 is 0 Å². The van der Waals surface area contributed by atoms with Crippen molar-refractivity contribution in [3.8, 4) is 11.3 Å². The van der Waals surface area contributed by atoms with Crippen molar-refractivity contribution in [3.05, 3.63) is 77.9 Å². The molecule has 1 aliphatic rings. The van der Waals surface area contributed by atoms with Gasteiger partial charge >= 0.3 is 0 Å². The number of nitrogens with zero attached hydrogens (tertiary/aromatic N) is 3. The van der Waals surface area contributed by atoms with Crippen molar-refractivity contribution in [1.29, 1.82) is 0 Å². The monoisotopic (exact) mass is 390 g/mol. The van der Waals surface area contributed by atoms with E-state index in [9.17, 15) is 9.18 Å². The van der Waals surface area contributed by atoms with Crippen molar-refractivity contribution in [2.24, 2.45) is 0 Å². The maximum Gasteiger partial charge on any atom is 0.251 e. The number of aromatic nitrogens is 2. The van der Waals surface area contributed by atoms with Crippen LogP contribution < -0.4 is 10.2 Å². The molecule has 1 amide bonds. The molecule has 4 rings (SSSR count). The Morgan fingerprint density at radius 2 is 1.79 bits per heavy atom. The predicted octanol–water partition coefficient (Wildman–Crippen LogP) is 4.20. The summed E-state index contributed by atoms with van der Waals surface area (Å²) >= 11 is 0. The zero-order chi connectivity index (χ0) is 20.1. The Morgan fingerprint density at radius 1 is 1.00 bits per heavy atom. The average molecular weight is 390 g/mol. The van der Waals surface area contributed by atoms with E-state index in [1.807, 2.05) is 24.3 Å². The van der Waals surface area contributed by atoms with Crippen molar-refractivity contribution in [3.63, 3.8) is 0 Å². The molecule has 1 N–H and O–H groups in total. The second-order valence-electron chi connectivity index (χ2n) is 7.20. The largest absolute Gasteiger partial charge is 0.357 e. The Labute approximate surface area is 169 Å². The highest BCUT2D eigenvalue weighted by Crippen LogP contribution is 2.23. The zero-order valence-electron chi connectivity index (χ0n) is 16.1. The third-order valence-corrected chi connectivity index (χ3v) is 5.12. The Bertz CT molecular complexity index is 984. The summed E-state index contributed by atoms with van der Waals surface area (Å²) in [7, 11) is 0. The van der Waals surface area contributed by atoms with Gasteiger partial charge in [-0.05, 0) is 49.1 Å². The minimum absolute atomic E-state index is 0.179. The highest BCUT2D eigenvalue weighted by Gasteiger charge is 2.14. The first-order valence-electron chi connectivity index (χ1n) is 9.89. The van der Waals surface area contributed by atoms with Crippen molar-refractivity contribution in [2.45, 2.75) is 25.8 Å². The molecule has 0 saturated carbocycles. The molecule has 0 aliphatic carbocycles. The Kier molecular flexibility index (Phi) is 5.79. The fraction of sp³-hybridized carbons (Fsp3) is 0.261. The number of benzene rings is 2.